The van der Waals surface area contributed by atoms with Gasteiger partial charge in [0, 0.05) is 6.07 Å². The summed E-state index contributed by atoms with van der Waals surface area (Å²) in [4.78, 5) is 0. The van der Waals surface area contributed by atoms with Gasteiger partial charge in [-0.3, -0.25) is 0 Å². The van der Waals surface area contributed by atoms with Crippen molar-refractivity contribution in [3.63, 3.8) is 0 Å². The molecule has 0 unspecified atom stereocenters. The highest BCUT2D eigenvalue weighted by Crippen LogP contribution is 2.18. The molecule has 0 radical (unpaired) electrons. The zero-order valence-corrected chi connectivity index (χ0v) is 5.71. The molecule has 2 heterocycles. The summed E-state index contributed by atoms with van der Waals surface area (Å²) in [6, 6.07) is 1.75. The SMILES string of the molecule is c1cc(-c2nncs2)on1. The van der Waals surface area contributed by atoms with E-state index in [1.54, 1.807) is 17.8 Å². The molecule has 10 heavy (non-hydrogen) atoms. The second-order valence-electron chi connectivity index (χ2n) is 1.62. The maximum Gasteiger partial charge on any atom is 0.197 e. The molecule has 0 spiro atoms. The fourth-order valence-electron chi connectivity index (χ4n) is 0.607. The van der Waals surface area contributed by atoms with Crippen molar-refractivity contribution in [3.05, 3.63) is 17.8 Å². The molecule has 0 amide bonds. The minimum absolute atomic E-state index is 0.669. The van der Waals surface area contributed by atoms with E-state index < -0.39 is 0 Å². The number of hydrogen-bond donors (Lipinski definition) is 0. The number of aromatic nitrogens is 3. The predicted molar refractivity (Wildman–Crippen MR) is 35.4 cm³/mol. The van der Waals surface area contributed by atoms with Crippen molar-refractivity contribution in [2.75, 3.05) is 0 Å². The third-order valence-electron chi connectivity index (χ3n) is 1.01. The average Bonchev–Trinajstić information content (AvgIpc) is 2.59. The summed E-state index contributed by atoms with van der Waals surface area (Å²) in [7, 11) is 0. The van der Waals surface area contributed by atoms with Gasteiger partial charge in [0.1, 0.15) is 5.51 Å². The zero-order valence-electron chi connectivity index (χ0n) is 4.89. The molecule has 0 aliphatic rings. The Kier molecular flexibility index (Phi) is 1.21. The number of hydrogen-bond acceptors (Lipinski definition) is 5. The van der Waals surface area contributed by atoms with E-state index in [4.69, 9.17) is 4.52 Å². The van der Waals surface area contributed by atoms with E-state index in [2.05, 4.69) is 15.4 Å². The second kappa shape index (κ2) is 2.18. The highest BCUT2D eigenvalue weighted by atomic mass is 32.1. The molecule has 0 fully saturated rings. The summed E-state index contributed by atoms with van der Waals surface area (Å²) in [5, 5.41) is 11.8. The first-order valence-electron chi connectivity index (χ1n) is 2.64. The Balaban J connectivity index is 2.48. The minimum atomic E-state index is 0.669. The molecule has 0 aliphatic heterocycles. The molecule has 0 atom stereocenters. The molecule has 4 nitrogen and oxygen atoms in total. The van der Waals surface area contributed by atoms with Gasteiger partial charge in [-0.05, 0) is 0 Å². The summed E-state index contributed by atoms with van der Waals surface area (Å²) in [5.41, 5.74) is 1.65. The summed E-state index contributed by atoms with van der Waals surface area (Å²) in [6.07, 6.45) is 1.58. The minimum Gasteiger partial charge on any atom is -0.354 e. The van der Waals surface area contributed by atoms with E-state index in [1.807, 2.05) is 0 Å². The quantitative estimate of drug-likeness (QED) is 0.617. The van der Waals surface area contributed by atoms with Crippen LogP contribution >= 0.6 is 11.3 Å². The molecule has 2 aromatic rings. The molecule has 0 N–H and O–H groups in total. The van der Waals surface area contributed by atoms with E-state index in [-0.39, 0.29) is 0 Å². The maximum atomic E-state index is 4.84. The van der Waals surface area contributed by atoms with Crippen LogP contribution in [0.5, 0.6) is 0 Å². The van der Waals surface area contributed by atoms with Gasteiger partial charge in [0.05, 0.1) is 6.20 Å². The third-order valence-corrected chi connectivity index (χ3v) is 1.71. The van der Waals surface area contributed by atoms with Gasteiger partial charge in [-0.25, -0.2) is 0 Å². The second-order valence-corrected chi connectivity index (χ2v) is 2.45. The van der Waals surface area contributed by atoms with E-state index in [1.165, 1.54) is 11.3 Å². The topological polar surface area (TPSA) is 51.8 Å². The number of nitrogens with zero attached hydrogens (tertiary/aromatic N) is 3. The summed E-state index contributed by atoms with van der Waals surface area (Å²) in [5.74, 6) is 0.669. The highest BCUT2D eigenvalue weighted by Gasteiger charge is 2.03. The molecule has 0 aliphatic carbocycles. The Morgan fingerprint density at radius 2 is 2.50 bits per heavy atom. The van der Waals surface area contributed by atoms with Crippen molar-refractivity contribution < 1.29 is 4.52 Å². The van der Waals surface area contributed by atoms with E-state index in [0.717, 1.165) is 5.01 Å². The molecule has 0 aromatic carbocycles. The van der Waals surface area contributed by atoms with Crippen LogP contribution in [0.1, 0.15) is 0 Å². The molecular weight excluding hydrogens is 150 g/mol. The van der Waals surface area contributed by atoms with Crippen LogP contribution in [-0.2, 0) is 0 Å². The average molecular weight is 153 g/mol. The Bertz CT molecular complexity index is 256. The van der Waals surface area contributed by atoms with Gasteiger partial charge < -0.3 is 4.52 Å². The van der Waals surface area contributed by atoms with E-state index in [0.29, 0.717) is 5.76 Å². The molecule has 2 aromatic heterocycles. The van der Waals surface area contributed by atoms with Crippen LogP contribution in [0.15, 0.2) is 22.3 Å². The molecule has 5 heteroatoms. The fourth-order valence-corrected chi connectivity index (χ4v) is 1.12. The smallest absolute Gasteiger partial charge is 0.197 e. The molecule has 2 rings (SSSR count). The third kappa shape index (κ3) is 0.801. The summed E-state index contributed by atoms with van der Waals surface area (Å²) >= 11 is 1.42. The maximum absolute atomic E-state index is 4.84. The lowest BCUT2D eigenvalue weighted by atomic mass is 10.5. The lowest BCUT2D eigenvalue weighted by molar-refractivity contribution is 0.432. The molecule has 0 saturated heterocycles. The van der Waals surface area contributed by atoms with Crippen LogP contribution in [0.2, 0.25) is 0 Å². The zero-order chi connectivity index (χ0) is 6.81. The van der Waals surface area contributed by atoms with Gasteiger partial charge in [0.15, 0.2) is 10.8 Å². The Labute approximate surface area is 60.5 Å². The van der Waals surface area contributed by atoms with Gasteiger partial charge in [0.2, 0.25) is 0 Å². The Hall–Kier alpha value is -1.23. The fraction of sp³-hybridized carbons (Fsp3) is 0. The van der Waals surface area contributed by atoms with Crippen LogP contribution in [-0.4, -0.2) is 15.4 Å². The summed E-state index contributed by atoms with van der Waals surface area (Å²) < 4.78 is 4.84. The first kappa shape index (κ1) is 5.55. The van der Waals surface area contributed by atoms with Gasteiger partial charge in [-0.1, -0.05) is 16.5 Å². The van der Waals surface area contributed by atoms with Crippen molar-refractivity contribution >= 4 is 11.3 Å². The van der Waals surface area contributed by atoms with Crippen molar-refractivity contribution in [1.82, 2.24) is 15.4 Å². The van der Waals surface area contributed by atoms with Crippen molar-refractivity contribution in [3.8, 4) is 10.8 Å². The Morgan fingerprint density at radius 3 is 3.10 bits per heavy atom. The summed E-state index contributed by atoms with van der Waals surface area (Å²) in [6.45, 7) is 0. The van der Waals surface area contributed by atoms with Gasteiger partial charge in [0.25, 0.3) is 0 Å². The standard InChI is InChI=1S/C5H3N3OS/c1-2-7-9-4(1)5-8-6-3-10-5/h1-3H. The van der Waals surface area contributed by atoms with Crippen LogP contribution in [0.25, 0.3) is 10.8 Å². The first-order valence-corrected chi connectivity index (χ1v) is 3.52. The molecule has 0 saturated carbocycles. The lowest BCUT2D eigenvalue weighted by Gasteiger charge is -1.79. The van der Waals surface area contributed by atoms with Gasteiger partial charge >= 0.3 is 0 Å². The molecular formula is C5H3N3OS. The van der Waals surface area contributed by atoms with E-state index >= 15 is 0 Å². The monoisotopic (exact) mass is 153 g/mol. The largest absolute Gasteiger partial charge is 0.354 e. The number of rotatable bonds is 1. The Morgan fingerprint density at radius 1 is 1.50 bits per heavy atom. The first-order chi connectivity index (χ1) is 4.97. The van der Waals surface area contributed by atoms with Crippen LogP contribution in [0.3, 0.4) is 0 Å². The van der Waals surface area contributed by atoms with Gasteiger partial charge in [-0.15, -0.1) is 10.2 Å². The molecule has 0 bridgehead atoms. The van der Waals surface area contributed by atoms with Gasteiger partial charge in [-0.2, -0.15) is 0 Å². The van der Waals surface area contributed by atoms with Crippen LogP contribution in [0.4, 0.5) is 0 Å². The highest BCUT2D eigenvalue weighted by molar-refractivity contribution is 7.12. The van der Waals surface area contributed by atoms with Crippen molar-refractivity contribution in [2.45, 2.75) is 0 Å². The van der Waals surface area contributed by atoms with Crippen LogP contribution < -0.4 is 0 Å². The van der Waals surface area contributed by atoms with Crippen molar-refractivity contribution in [1.29, 1.82) is 0 Å². The predicted octanol–water partition coefficient (Wildman–Crippen LogP) is 1.19. The van der Waals surface area contributed by atoms with Crippen molar-refractivity contribution in [2.24, 2.45) is 0 Å². The van der Waals surface area contributed by atoms with E-state index in [9.17, 15) is 0 Å². The van der Waals surface area contributed by atoms with Crippen LogP contribution in [0, 0.1) is 0 Å². The lowest BCUT2D eigenvalue weighted by Crippen LogP contribution is -1.70. The normalized spacial score (nSPS) is 10.0. The molecule has 50 valence electrons.